The van der Waals surface area contributed by atoms with Gasteiger partial charge in [0.25, 0.3) is 0 Å². The SMILES string of the molecule is CCCCCC(=O)C=C[C@@H]1[C@@H](CCCCCCC(=O)OC)CC(=O)[C@H]1O. The maximum atomic E-state index is 11.9. The number of hydrogen-bond acceptors (Lipinski definition) is 5. The average molecular weight is 366 g/mol. The average Bonchev–Trinajstić information content (AvgIpc) is 2.89. The number of Topliss-reactive ketones (excluding diaryl/α,β-unsaturated/α-hetero) is 1. The summed E-state index contributed by atoms with van der Waals surface area (Å²) in [7, 11) is 1.40. The van der Waals surface area contributed by atoms with Gasteiger partial charge in [0.15, 0.2) is 11.6 Å². The molecule has 1 rings (SSSR count). The molecule has 5 heteroatoms. The van der Waals surface area contributed by atoms with Crippen LogP contribution in [0.15, 0.2) is 12.2 Å². The lowest BCUT2D eigenvalue weighted by atomic mass is 9.89. The number of ketones is 2. The van der Waals surface area contributed by atoms with Gasteiger partial charge in [-0.15, -0.1) is 0 Å². The zero-order chi connectivity index (χ0) is 19.4. The molecule has 5 nitrogen and oxygen atoms in total. The highest BCUT2D eigenvalue weighted by Crippen LogP contribution is 2.34. The van der Waals surface area contributed by atoms with E-state index in [1.54, 1.807) is 12.2 Å². The standard InChI is InChI=1S/C21H34O5/c1-3-4-7-11-17(22)13-14-18-16(15-19(23)21(18)25)10-8-5-6-9-12-20(24)26-2/h13-14,16,18,21,25H,3-12,15H2,1-2H3/t16-,18+,21-/m0/s1. The molecule has 0 unspecified atom stereocenters. The van der Waals surface area contributed by atoms with E-state index in [-0.39, 0.29) is 29.4 Å². The number of carbonyl (C=O) groups is 3. The Morgan fingerprint density at radius 2 is 1.81 bits per heavy atom. The van der Waals surface area contributed by atoms with E-state index in [1.807, 2.05) is 0 Å². The van der Waals surface area contributed by atoms with Crippen molar-refractivity contribution in [1.82, 2.24) is 0 Å². The van der Waals surface area contributed by atoms with Gasteiger partial charge in [0.1, 0.15) is 6.10 Å². The van der Waals surface area contributed by atoms with Crippen LogP contribution in [-0.2, 0) is 19.1 Å². The fourth-order valence-corrected chi connectivity index (χ4v) is 3.53. The van der Waals surface area contributed by atoms with E-state index < -0.39 is 6.10 Å². The molecule has 3 atom stereocenters. The number of methoxy groups -OCH3 is 1. The summed E-state index contributed by atoms with van der Waals surface area (Å²) in [5.74, 6) is -0.353. The fourth-order valence-electron chi connectivity index (χ4n) is 3.53. The zero-order valence-electron chi connectivity index (χ0n) is 16.2. The molecule has 0 aromatic carbocycles. The second kappa shape index (κ2) is 12.8. The zero-order valence-corrected chi connectivity index (χ0v) is 16.2. The molecule has 1 saturated carbocycles. The van der Waals surface area contributed by atoms with Gasteiger partial charge in [0.2, 0.25) is 0 Å². The highest BCUT2D eigenvalue weighted by Gasteiger charge is 2.39. The monoisotopic (exact) mass is 366 g/mol. The summed E-state index contributed by atoms with van der Waals surface area (Å²) in [4.78, 5) is 34.8. The third-order valence-corrected chi connectivity index (χ3v) is 5.17. The molecular weight excluding hydrogens is 332 g/mol. The Balaban J connectivity index is 2.37. The van der Waals surface area contributed by atoms with Crippen LogP contribution in [0.25, 0.3) is 0 Å². The van der Waals surface area contributed by atoms with Gasteiger partial charge in [0.05, 0.1) is 7.11 Å². The topological polar surface area (TPSA) is 80.7 Å². The largest absolute Gasteiger partial charge is 0.469 e. The summed E-state index contributed by atoms with van der Waals surface area (Å²) in [6, 6.07) is 0. The molecule has 0 aromatic rings. The molecule has 1 N–H and O–H groups in total. The summed E-state index contributed by atoms with van der Waals surface area (Å²) in [5.41, 5.74) is 0. The van der Waals surface area contributed by atoms with Gasteiger partial charge in [-0.1, -0.05) is 45.1 Å². The molecule has 0 radical (unpaired) electrons. The van der Waals surface area contributed by atoms with E-state index in [0.717, 1.165) is 51.4 Å². The molecule has 0 saturated heterocycles. The van der Waals surface area contributed by atoms with Crippen molar-refractivity contribution < 1.29 is 24.2 Å². The van der Waals surface area contributed by atoms with Crippen LogP contribution in [-0.4, -0.2) is 35.9 Å². The summed E-state index contributed by atoms with van der Waals surface area (Å²) in [6.07, 6.45) is 11.3. The first-order chi connectivity index (χ1) is 12.5. The van der Waals surface area contributed by atoms with E-state index >= 15 is 0 Å². The maximum Gasteiger partial charge on any atom is 0.305 e. The van der Waals surface area contributed by atoms with Crippen molar-refractivity contribution in [2.75, 3.05) is 7.11 Å². The van der Waals surface area contributed by atoms with Crippen molar-refractivity contribution in [2.45, 2.75) is 83.7 Å². The van der Waals surface area contributed by atoms with Crippen LogP contribution in [0.1, 0.15) is 77.6 Å². The van der Waals surface area contributed by atoms with Gasteiger partial charge >= 0.3 is 5.97 Å². The number of aliphatic hydroxyl groups is 1. The molecule has 1 aliphatic carbocycles. The Kier molecular flexibility index (Phi) is 11.1. The first-order valence-electron chi connectivity index (χ1n) is 9.98. The molecule has 26 heavy (non-hydrogen) atoms. The normalized spacial score (nSPS) is 22.9. The van der Waals surface area contributed by atoms with Crippen molar-refractivity contribution in [3.05, 3.63) is 12.2 Å². The molecule has 0 amide bonds. The fraction of sp³-hybridized carbons (Fsp3) is 0.762. The number of rotatable bonds is 13. The predicted octanol–water partition coefficient (Wildman–Crippen LogP) is 3.77. The van der Waals surface area contributed by atoms with Gasteiger partial charge in [-0.2, -0.15) is 0 Å². The van der Waals surface area contributed by atoms with E-state index in [4.69, 9.17) is 0 Å². The van der Waals surface area contributed by atoms with E-state index in [2.05, 4.69) is 11.7 Å². The van der Waals surface area contributed by atoms with Gasteiger partial charge in [-0.05, 0) is 31.3 Å². The number of aliphatic hydroxyl groups excluding tert-OH is 1. The van der Waals surface area contributed by atoms with Crippen LogP contribution < -0.4 is 0 Å². The molecule has 0 aromatic heterocycles. The number of carbonyl (C=O) groups excluding carboxylic acids is 3. The second-order valence-corrected chi connectivity index (χ2v) is 7.26. The number of ether oxygens (including phenoxy) is 1. The lowest BCUT2D eigenvalue weighted by Gasteiger charge is -2.17. The molecule has 148 valence electrons. The second-order valence-electron chi connectivity index (χ2n) is 7.26. The molecule has 0 heterocycles. The highest BCUT2D eigenvalue weighted by atomic mass is 16.5. The number of hydrogen-bond donors (Lipinski definition) is 1. The molecule has 1 fully saturated rings. The quantitative estimate of drug-likeness (QED) is 0.305. The van der Waals surface area contributed by atoms with Crippen LogP contribution in [0.3, 0.4) is 0 Å². The van der Waals surface area contributed by atoms with Crippen LogP contribution >= 0.6 is 0 Å². The van der Waals surface area contributed by atoms with Gasteiger partial charge < -0.3 is 9.84 Å². The van der Waals surface area contributed by atoms with Crippen molar-refractivity contribution in [2.24, 2.45) is 11.8 Å². The summed E-state index contributed by atoms with van der Waals surface area (Å²) < 4.78 is 4.61. The predicted molar refractivity (Wildman–Crippen MR) is 101 cm³/mol. The van der Waals surface area contributed by atoms with Crippen molar-refractivity contribution in [3.8, 4) is 0 Å². The maximum absolute atomic E-state index is 11.9. The van der Waals surface area contributed by atoms with Crippen LogP contribution in [0.2, 0.25) is 0 Å². The molecule has 0 spiro atoms. The number of allylic oxidation sites excluding steroid dienone is 1. The van der Waals surface area contributed by atoms with Crippen molar-refractivity contribution >= 4 is 17.5 Å². The molecular formula is C21H34O5. The Labute approximate surface area is 157 Å². The van der Waals surface area contributed by atoms with Crippen molar-refractivity contribution in [1.29, 1.82) is 0 Å². The van der Waals surface area contributed by atoms with Gasteiger partial charge in [0, 0.05) is 25.2 Å². The van der Waals surface area contributed by atoms with Gasteiger partial charge in [-0.3, -0.25) is 14.4 Å². The number of unbranched alkanes of at least 4 members (excludes halogenated alkanes) is 5. The highest BCUT2D eigenvalue weighted by molar-refractivity contribution is 5.90. The van der Waals surface area contributed by atoms with E-state index in [0.29, 0.717) is 19.3 Å². The Morgan fingerprint density at radius 3 is 2.50 bits per heavy atom. The molecule has 0 bridgehead atoms. The Bertz CT molecular complexity index is 483. The number of esters is 1. The van der Waals surface area contributed by atoms with Crippen LogP contribution in [0.4, 0.5) is 0 Å². The van der Waals surface area contributed by atoms with E-state index in [1.165, 1.54) is 7.11 Å². The third kappa shape index (κ3) is 8.26. The minimum atomic E-state index is -0.973. The van der Waals surface area contributed by atoms with Gasteiger partial charge in [-0.25, -0.2) is 0 Å². The molecule has 1 aliphatic rings. The summed E-state index contributed by atoms with van der Waals surface area (Å²) in [6.45, 7) is 2.10. The lowest BCUT2D eigenvalue weighted by molar-refractivity contribution is -0.140. The van der Waals surface area contributed by atoms with E-state index in [9.17, 15) is 19.5 Å². The Hall–Kier alpha value is -1.49. The minimum absolute atomic E-state index is 0.0755. The smallest absolute Gasteiger partial charge is 0.305 e. The van der Waals surface area contributed by atoms with Crippen molar-refractivity contribution in [3.63, 3.8) is 0 Å². The third-order valence-electron chi connectivity index (χ3n) is 5.17. The molecule has 0 aliphatic heterocycles. The summed E-state index contributed by atoms with van der Waals surface area (Å²) >= 11 is 0. The van der Waals surface area contributed by atoms with Crippen LogP contribution in [0, 0.1) is 11.8 Å². The first kappa shape index (κ1) is 22.6. The summed E-state index contributed by atoms with van der Waals surface area (Å²) in [5, 5.41) is 10.1. The van der Waals surface area contributed by atoms with Crippen LogP contribution in [0.5, 0.6) is 0 Å². The lowest BCUT2D eigenvalue weighted by Crippen LogP contribution is -2.21. The Morgan fingerprint density at radius 1 is 1.12 bits per heavy atom. The first-order valence-corrected chi connectivity index (χ1v) is 9.98. The minimum Gasteiger partial charge on any atom is -0.469 e.